The van der Waals surface area contributed by atoms with Gasteiger partial charge in [0.2, 0.25) is 5.91 Å². The van der Waals surface area contributed by atoms with Crippen LogP contribution in [0.3, 0.4) is 0 Å². The van der Waals surface area contributed by atoms with Crippen molar-refractivity contribution in [2.75, 3.05) is 13.1 Å². The van der Waals surface area contributed by atoms with Gasteiger partial charge in [-0.15, -0.1) is 0 Å². The lowest BCUT2D eigenvalue weighted by Crippen LogP contribution is -2.46. The van der Waals surface area contributed by atoms with Crippen molar-refractivity contribution in [1.29, 1.82) is 0 Å². The number of carbonyl (C=O) groups is 1. The van der Waals surface area contributed by atoms with E-state index in [0.717, 1.165) is 32.4 Å². The van der Waals surface area contributed by atoms with Gasteiger partial charge in [-0.3, -0.25) is 4.79 Å². The Balaban J connectivity index is 2.59. The fourth-order valence-corrected chi connectivity index (χ4v) is 2.50. The molecular formula is C13H26N2O. The molecule has 1 saturated heterocycles. The van der Waals surface area contributed by atoms with Crippen LogP contribution in [0.5, 0.6) is 0 Å². The Morgan fingerprint density at radius 2 is 2.19 bits per heavy atom. The first kappa shape index (κ1) is 13.5. The van der Waals surface area contributed by atoms with Gasteiger partial charge in [0.05, 0.1) is 0 Å². The average molecular weight is 226 g/mol. The average Bonchev–Trinajstić information content (AvgIpc) is 2.29. The van der Waals surface area contributed by atoms with E-state index in [9.17, 15) is 4.79 Å². The predicted molar refractivity (Wildman–Crippen MR) is 67.3 cm³/mol. The van der Waals surface area contributed by atoms with E-state index in [0.29, 0.717) is 18.0 Å². The second kappa shape index (κ2) is 6.24. The third kappa shape index (κ3) is 3.21. The molecule has 1 fully saturated rings. The molecule has 3 atom stereocenters. The molecule has 0 aromatic rings. The van der Waals surface area contributed by atoms with Gasteiger partial charge in [-0.25, -0.2) is 0 Å². The lowest BCUT2D eigenvalue weighted by molar-refractivity contribution is -0.138. The maximum atomic E-state index is 12.4. The molecule has 0 aliphatic carbocycles. The second-order valence-electron chi connectivity index (χ2n) is 4.96. The van der Waals surface area contributed by atoms with Gasteiger partial charge in [0.1, 0.15) is 0 Å². The summed E-state index contributed by atoms with van der Waals surface area (Å²) in [5.74, 6) is 0.607. The molecule has 1 N–H and O–H groups in total. The van der Waals surface area contributed by atoms with E-state index in [1.165, 1.54) is 0 Å². The fraction of sp³-hybridized carbons (Fsp3) is 0.923. The minimum absolute atomic E-state index is 0.241. The van der Waals surface area contributed by atoms with Crippen molar-refractivity contribution >= 4 is 5.91 Å². The quantitative estimate of drug-likeness (QED) is 0.795. The molecule has 0 saturated carbocycles. The first-order valence-corrected chi connectivity index (χ1v) is 6.63. The number of amides is 1. The summed E-state index contributed by atoms with van der Waals surface area (Å²) in [5, 5.41) is 3.40. The van der Waals surface area contributed by atoms with Gasteiger partial charge in [-0.05, 0) is 46.6 Å². The first-order valence-electron chi connectivity index (χ1n) is 6.63. The van der Waals surface area contributed by atoms with Crippen LogP contribution in [0.2, 0.25) is 0 Å². The van der Waals surface area contributed by atoms with Crippen molar-refractivity contribution in [3.63, 3.8) is 0 Å². The lowest BCUT2D eigenvalue weighted by Gasteiger charge is -2.34. The van der Waals surface area contributed by atoms with Crippen LogP contribution in [0.15, 0.2) is 0 Å². The SMILES string of the molecule is CCC(C)N(CC)C(=O)C1CCNC(C)C1. The van der Waals surface area contributed by atoms with E-state index < -0.39 is 0 Å². The van der Waals surface area contributed by atoms with Gasteiger partial charge in [0.15, 0.2) is 0 Å². The van der Waals surface area contributed by atoms with Gasteiger partial charge in [0.25, 0.3) is 0 Å². The first-order chi connectivity index (χ1) is 7.60. The summed E-state index contributed by atoms with van der Waals surface area (Å²) in [6.07, 6.45) is 3.03. The van der Waals surface area contributed by atoms with Gasteiger partial charge < -0.3 is 10.2 Å². The molecule has 1 amide bonds. The summed E-state index contributed by atoms with van der Waals surface area (Å²) in [6, 6.07) is 0.862. The van der Waals surface area contributed by atoms with Crippen LogP contribution in [0.25, 0.3) is 0 Å². The molecular weight excluding hydrogens is 200 g/mol. The summed E-state index contributed by atoms with van der Waals surface area (Å²) in [7, 11) is 0. The molecule has 1 rings (SSSR count). The smallest absolute Gasteiger partial charge is 0.226 e. The monoisotopic (exact) mass is 226 g/mol. The minimum Gasteiger partial charge on any atom is -0.340 e. The molecule has 0 aromatic carbocycles. The minimum atomic E-state index is 0.241. The van der Waals surface area contributed by atoms with Crippen LogP contribution in [0.4, 0.5) is 0 Å². The number of carbonyl (C=O) groups excluding carboxylic acids is 1. The Hall–Kier alpha value is -0.570. The predicted octanol–water partition coefficient (Wildman–Crippen LogP) is 2.02. The molecule has 1 aliphatic rings. The van der Waals surface area contributed by atoms with E-state index >= 15 is 0 Å². The standard InChI is InChI=1S/C13H26N2O/c1-5-11(4)15(6-2)13(16)12-7-8-14-10(3)9-12/h10-12,14H,5-9H2,1-4H3. The van der Waals surface area contributed by atoms with Gasteiger partial charge >= 0.3 is 0 Å². The fourth-order valence-electron chi connectivity index (χ4n) is 2.50. The lowest BCUT2D eigenvalue weighted by atomic mass is 9.91. The molecule has 3 nitrogen and oxygen atoms in total. The van der Waals surface area contributed by atoms with E-state index in [-0.39, 0.29) is 5.92 Å². The van der Waals surface area contributed by atoms with Crippen LogP contribution in [-0.2, 0) is 4.79 Å². The number of nitrogens with zero attached hydrogens (tertiary/aromatic N) is 1. The molecule has 0 aromatic heterocycles. The van der Waals surface area contributed by atoms with Crippen molar-refractivity contribution in [2.24, 2.45) is 5.92 Å². The highest BCUT2D eigenvalue weighted by Gasteiger charge is 2.29. The van der Waals surface area contributed by atoms with Crippen LogP contribution in [0.1, 0.15) is 47.0 Å². The van der Waals surface area contributed by atoms with Gasteiger partial charge in [-0.1, -0.05) is 6.92 Å². The maximum Gasteiger partial charge on any atom is 0.226 e. The number of nitrogens with one attached hydrogen (secondary N) is 1. The van der Waals surface area contributed by atoms with Crippen molar-refractivity contribution in [3.8, 4) is 0 Å². The highest BCUT2D eigenvalue weighted by molar-refractivity contribution is 5.79. The molecule has 0 spiro atoms. The summed E-state index contributed by atoms with van der Waals surface area (Å²) >= 11 is 0. The van der Waals surface area contributed by atoms with Gasteiger partial charge in [0, 0.05) is 24.5 Å². The Morgan fingerprint density at radius 1 is 1.50 bits per heavy atom. The molecule has 3 unspecified atom stereocenters. The van der Waals surface area contributed by atoms with E-state index in [4.69, 9.17) is 0 Å². The molecule has 94 valence electrons. The maximum absolute atomic E-state index is 12.4. The van der Waals surface area contributed by atoms with E-state index in [1.807, 2.05) is 4.90 Å². The van der Waals surface area contributed by atoms with E-state index in [2.05, 4.69) is 33.0 Å². The molecule has 1 aliphatic heterocycles. The third-order valence-electron chi connectivity index (χ3n) is 3.72. The van der Waals surface area contributed by atoms with Crippen LogP contribution < -0.4 is 5.32 Å². The van der Waals surface area contributed by atoms with Crippen molar-refractivity contribution < 1.29 is 4.79 Å². The zero-order valence-corrected chi connectivity index (χ0v) is 11.1. The summed E-state index contributed by atoms with van der Waals surface area (Å²) in [4.78, 5) is 14.4. The number of hydrogen-bond donors (Lipinski definition) is 1. The summed E-state index contributed by atoms with van der Waals surface area (Å²) < 4.78 is 0. The van der Waals surface area contributed by atoms with Crippen LogP contribution in [-0.4, -0.2) is 36.0 Å². The summed E-state index contributed by atoms with van der Waals surface area (Å²) in [5.41, 5.74) is 0. The Labute approximate surface area is 99.6 Å². The molecule has 16 heavy (non-hydrogen) atoms. The van der Waals surface area contributed by atoms with Crippen molar-refractivity contribution in [1.82, 2.24) is 10.2 Å². The van der Waals surface area contributed by atoms with E-state index in [1.54, 1.807) is 0 Å². The number of piperidine rings is 1. The Morgan fingerprint density at radius 3 is 2.69 bits per heavy atom. The third-order valence-corrected chi connectivity index (χ3v) is 3.72. The Kier molecular flexibility index (Phi) is 5.26. The Bertz CT molecular complexity index is 230. The molecule has 0 bridgehead atoms. The summed E-state index contributed by atoms with van der Waals surface area (Å²) in [6.45, 7) is 10.4. The van der Waals surface area contributed by atoms with Gasteiger partial charge in [-0.2, -0.15) is 0 Å². The van der Waals surface area contributed by atoms with Crippen LogP contribution >= 0.6 is 0 Å². The number of hydrogen-bond acceptors (Lipinski definition) is 2. The second-order valence-corrected chi connectivity index (χ2v) is 4.96. The highest BCUT2D eigenvalue weighted by Crippen LogP contribution is 2.20. The number of rotatable bonds is 4. The topological polar surface area (TPSA) is 32.3 Å². The van der Waals surface area contributed by atoms with Crippen molar-refractivity contribution in [3.05, 3.63) is 0 Å². The highest BCUT2D eigenvalue weighted by atomic mass is 16.2. The van der Waals surface area contributed by atoms with Crippen molar-refractivity contribution in [2.45, 2.75) is 59.0 Å². The zero-order valence-electron chi connectivity index (χ0n) is 11.1. The molecule has 1 heterocycles. The molecule has 3 heteroatoms. The molecule has 0 radical (unpaired) electrons. The van der Waals surface area contributed by atoms with Crippen LogP contribution in [0, 0.1) is 5.92 Å². The largest absolute Gasteiger partial charge is 0.340 e. The zero-order chi connectivity index (χ0) is 12.1. The normalized spacial score (nSPS) is 27.5.